The van der Waals surface area contributed by atoms with Gasteiger partial charge in [0.1, 0.15) is 0 Å². The van der Waals surface area contributed by atoms with E-state index in [-0.39, 0.29) is 36.2 Å². The predicted molar refractivity (Wildman–Crippen MR) is 95.5 cm³/mol. The van der Waals surface area contributed by atoms with E-state index in [1.165, 1.54) is 12.8 Å². The van der Waals surface area contributed by atoms with Gasteiger partial charge < -0.3 is 16.0 Å². The molecule has 2 saturated heterocycles. The van der Waals surface area contributed by atoms with Gasteiger partial charge in [-0.3, -0.25) is 9.59 Å². The van der Waals surface area contributed by atoms with Crippen LogP contribution in [0.4, 0.5) is 5.69 Å². The quantitative estimate of drug-likeness (QED) is 0.782. The highest BCUT2D eigenvalue weighted by molar-refractivity contribution is 5.96. The van der Waals surface area contributed by atoms with Gasteiger partial charge in [0.25, 0.3) is 5.91 Å². The molecule has 2 heterocycles. The topological polar surface area (TPSA) is 70.2 Å². The van der Waals surface area contributed by atoms with Crippen molar-refractivity contribution in [3.8, 4) is 0 Å². The van der Waals surface area contributed by atoms with E-state index in [9.17, 15) is 9.59 Å². The lowest BCUT2D eigenvalue weighted by Crippen LogP contribution is -2.48. The number of anilines is 1. The summed E-state index contributed by atoms with van der Waals surface area (Å²) in [6.45, 7) is 0. The van der Waals surface area contributed by atoms with Gasteiger partial charge in [-0.1, -0.05) is 0 Å². The van der Waals surface area contributed by atoms with Gasteiger partial charge in [0.2, 0.25) is 5.91 Å². The van der Waals surface area contributed by atoms with Gasteiger partial charge in [-0.25, -0.2) is 0 Å². The molecule has 130 valence electrons. The molecule has 1 aromatic rings. The van der Waals surface area contributed by atoms with Gasteiger partial charge in [0, 0.05) is 35.3 Å². The van der Waals surface area contributed by atoms with Crippen molar-refractivity contribution in [3.05, 3.63) is 29.8 Å². The third-order valence-electron chi connectivity index (χ3n) is 5.17. The average Bonchev–Trinajstić information content (AvgIpc) is 3.34. The van der Waals surface area contributed by atoms with E-state index >= 15 is 0 Å². The summed E-state index contributed by atoms with van der Waals surface area (Å²) in [6, 6.07) is 8.59. The molecule has 4 rings (SSSR count). The van der Waals surface area contributed by atoms with Gasteiger partial charge in [-0.05, 0) is 62.8 Å². The van der Waals surface area contributed by atoms with Crippen LogP contribution < -0.4 is 16.0 Å². The zero-order valence-electron chi connectivity index (χ0n) is 13.6. The second-order valence-corrected chi connectivity index (χ2v) is 7.12. The van der Waals surface area contributed by atoms with Crippen LogP contribution in [-0.2, 0) is 4.79 Å². The molecule has 24 heavy (non-hydrogen) atoms. The first kappa shape index (κ1) is 17.2. The summed E-state index contributed by atoms with van der Waals surface area (Å²) in [5.41, 5.74) is 1.42. The molecule has 2 unspecified atom stereocenters. The van der Waals surface area contributed by atoms with E-state index in [0.29, 0.717) is 17.6 Å². The number of halogens is 1. The highest BCUT2D eigenvalue weighted by Gasteiger charge is 2.34. The molecule has 2 bridgehead atoms. The maximum absolute atomic E-state index is 12.4. The molecule has 2 aliphatic heterocycles. The van der Waals surface area contributed by atoms with Crippen LogP contribution in [0.1, 0.15) is 48.9 Å². The number of piperidine rings is 1. The number of hydrogen-bond donors (Lipinski definition) is 3. The average molecular weight is 350 g/mol. The van der Waals surface area contributed by atoms with Crippen LogP contribution in [-0.4, -0.2) is 29.9 Å². The number of benzene rings is 1. The Bertz CT molecular complexity index is 603. The maximum atomic E-state index is 12.4. The lowest BCUT2D eigenvalue weighted by Gasteiger charge is -2.29. The third-order valence-corrected chi connectivity index (χ3v) is 5.17. The summed E-state index contributed by atoms with van der Waals surface area (Å²) < 4.78 is 0. The summed E-state index contributed by atoms with van der Waals surface area (Å²) in [5, 5.41) is 9.63. The van der Waals surface area contributed by atoms with Crippen molar-refractivity contribution in [3.63, 3.8) is 0 Å². The molecular weight excluding hydrogens is 326 g/mol. The van der Waals surface area contributed by atoms with Gasteiger partial charge in [0.15, 0.2) is 0 Å². The first-order valence-corrected chi connectivity index (χ1v) is 8.65. The van der Waals surface area contributed by atoms with Crippen molar-refractivity contribution in [2.75, 3.05) is 5.32 Å². The van der Waals surface area contributed by atoms with E-state index in [2.05, 4.69) is 16.0 Å². The summed E-state index contributed by atoms with van der Waals surface area (Å²) in [6.07, 6.45) is 6.49. The van der Waals surface area contributed by atoms with Crippen molar-refractivity contribution < 1.29 is 9.59 Å². The Labute approximate surface area is 148 Å². The lowest BCUT2D eigenvalue weighted by molar-refractivity contribution is -0.117. The molecule has 1 aromatic carbocycles. The first-order valence-electron chi connectivity index (χ1n) is 8.65. The molecule has 1 saturated carbocycles. The molecule has 6 heteroatoms. The normalized spacial score (nSPS) is 27.9. The number of carbonyl (C=O) groups excluding carboxylic acids is 2. The molecule has 3 N–H and O–H groups in total. The molecule has 1 aliphatic carbocycles. The van der Waals surface area contributed by atoms with Crippen LogP contribution in [0.3, 0.4) is 0 Å². The molecular formula is C18H24ClN3O2. The van der Waals surface area contributed by atoms with E-state index in [0.717, 1.165) is 31.4 Å². The van der Waals surface area contributed by atoms with E-state index in [4.69, 9.17) is 0 Å². The minimum Gasteiger partial charge on any atom is -0.349 e. The van der Waals surface area contributed by atoms with Crippen molar-refractivity contribution in [2.45, 2.75) is 56.7 Å². The van der Waals surface area contributed by atoms with Crippen molar-refractivity contribution in [1.29, 1.82) is 0 Å². The number of fused-ring (bicyclic) bond motifs is 2. The molecule has 0 aromatic heterocycles. The van der Waals surface area contributed by atoms with E-state index in [1.54, 1.807) is 24.3 Å². The van der Waals surface area contributed by atoms with Crippen LogP contribution in [0.2, 0.25) is 0 Å². The molecule has 2 amide bonds. The predicted octanol–water partition coefficient (Wildman–Crippen LogP) is 2.47. The minimum atomic E-state index is -0.0173. The monoisotopic (exact) mass is 349 g/mol. The van der Waals surface area contributed by atoms with Crippen LogP contribution in [0, 0.1) is 5.92 Å². The summed E-state index contributed by atoms with van der Waals surface area (Å²) in [5.74, 6) is 0.261. The second kappa shape index (κ2) is 7.11. The van der Waals surface area contributed by atoms with Crippen molar-refractivity contribution in [2.24, 2.45) is 5.92 Å². The van der Waals surface area contributed by atoms with Crippen molar-refractivity contribution >= 4 is 29.9 Å². The maximum Gasteiger partial charge on any atom is 0.251 e. The Morgan fingerprint density at radius 3 is 2.17 bits per heavy atom. The third kappa shape index (κ3) is 3.90. The Morgan fingerprint density at radius 2 is 1.58 bits per heavy atom. The highest BCUT2D eigenvalue weighted by atomic mass is 35.5. The zero-order chi connectivity index (χ0) is 15.8. The van der Waals surface area contributed by atoms with Crippen LogP contribution >= 0.6 is 12.4 Å². The van der Waals surface area contributed by atoms with E-state index in [1.807, 2.05) is 0 Å². The summed E-state index contributed by atoms with van der Waals surface area (Å²) in [4.78, 5) is 24.1. The minimum absolute atomic E-state index is 0. The van der Waals surface area contributed by atoms with Gasteiger partial charge in [-0.2, -0.15) is 0 Å². The number of carbonyl (C=O) groups is 2. The smallest absolute Gasteiger partial charge is 0.251 e. The Balaban J connectivity index is 0.00000169. The fourth-order valence-corrected chi connectivity index (χ4v) is 3.74. The second-order valence-electron chi connectivity index (χ2n) is 7.12. The number of amides is 2. The molecule has 2 atom stereocenters. The van der Waals surface area contributed by atoms with Gasteiger partial charge in [-0.15, -0.1) is 12.4 Å². The molecule has 3 aliphatic rings. The van der Waals surface area contributed by atoms with Gasteiger partial charge >= 0.3 is 0 Å². The highest BCUT2D eigenvalue weighted by Crippen LogP contribution is 2.30. The Kier molecular flexibility index (Phi) is 5.11. The molecule has 3 fully saturated rings. The molecule has 0 radical (unpaired) electrons. The van der Waals surface area contributed by atoms with Crippen LogP contribution in [0.25, 0.3) is 0 Å². The number of rotatable bonds is 4. The Morgan fingerprint density at radius 1 is 0.958 bits per heavy atom. The zero-order valence-corrected chi connectivity index (χ0v) is 14.4. The summed E-state index contributed by atoms with van der Waals surface area (Å²) >= 11 is 0. The summed E-state index contributed by atoms with van der Waals surface area (Å²) in [7, 11) is 0. The Hall–Kier alpha value is -1.59. The van der Waals surface area contributed by atoms with Crippen LogP contribution in [0.15, 0.2) is 24.3 Å². The van der Waals surface area contributed by atoms with Crippen LogP contribution in [0.5, 0.6) is 0 Å². The lowest BCUT2D eigenvalue weighted by atomic mass is 9.99. The van der Waals surface area contributed by atoms with Gasteiger partial charge in [0.05, 0.1) is 0 Å². The number of nitrogens with one attached hydrogen (secondary N) is 3. The van der Waals surface area contributed by atoms with Crippen molar-refractivity contribution in [1.82, 2.24) is 10.6 Å². The molecule has 5 nitrogen and oxygen atoms in total. The fraction of sp³-hybridized carbons (Fsp3) is 0.556. The van der Waals surface area contributed by atoms with E-state index < -0.39 is 0 Å². The fourth-order valence-electron chi connectivity index (χ4n) is 3.74. The first-order chi connectivity index (χ1) is 11.2. The largest absolute Gasteiger partial charge is 0.349 e. The number of hydrogen-bond acceptors (Lipinski definition) is 3. The standard InChI is InChI=1S/C18H23N3O2.ClH/c22-17(11-1-2-11)20-13-5-3-12(4-6-13)18(23)21-16-9-14-7-8-15(10-16)19-14;/h3-6,11,14-16,19H,1-2,7-10H2,(H,20,22)(H,21,23);1H. The molecule has 0 spiro atoms. The SMILES string of the molecule is Cl.O=C(NC1CC2CCC(C1)N2)c1ccc(NC(=O)C2CC2)cc1.